The van der Waals surface area contributed by atoms with E-state index in [1.807, 2.05) is 61.5 Å². The van der Waals surface area contributed by atoms with Crippen molar-refractivity contribution in [2.24, 2.45) is 0 Å². The van der Waals surface area contributed by atoms with Crippen molar-refractivity contribution in [3.05, 3.63) is 65.7 Å². The Kier molecular flexibility index (Phi) is 6.32. The largest absolute Gasteiger partial charge is 0.493 e. The number of hydrogen-bond acceptors (Lipinski definition) is 5. The van der Waals surface area contributed by atoms with Crippen molar-refractivity contribution in [1.82, 2.24) is 15.1 Å². The molecular weight excluding hydrogens is 376 g/mol. The van der Waals surface area contributed by atoms with Crippen LogP contribution in [0.3, 0.4) is 0 Å². The van der Waals surface area contributed by atoms with Crippen LogP contribution in [0.25, 0.3) is 0 Å². The summed E-state index contributed by atoms with van der Waals surface area (Å²) >= 11 is 0. The molecule has 30 heavy (non-hydrogen) atoms. The number of nitrogens with one attached hydrogen (secondary N) is 1. The van der Waals surface area contributed by atoms with Crippen molar-refractivity contribution in [3.63, 3.8) is 0 Å². The number of carbonyl (C=O) groups is 1. The first-order chi connectivity index (χ1) is 14.7. The average molecular weight is 405 g/mol. The summed E-state index contributed by atoms with van der Waals surface area (Å²) in [7, 11) is 0. The summed E-state index contributed by atoms with van der Waals surface area (Å²) in [6.07, 6.45) is 0.782. The fraction of sp³-hybridized carbons (Fsp3) is 0.417. The number of para-hydroxylation sites is 1. The van der Waals surface area contributed by atoms with E-state index in [1.165, 1.54) is 0 Å². The molecule has 2 aliphatic rings. The summed E-state index contributed by atoms with van der Waals surface area (Å²) in [5.74, 6) is 0.906. The van der Waals surface area contributed by atoms with Gasteiger partial charge in [-0.3, -0.25) is 14.6 Å². The van der Waals surface area contributed by atoms with Gasteiger partial charge in [-0.25, -0.2) is 0 Å². The number of ether oxygens (including phenoxy) is 1. The molecule has 0 aromatic heterocycles. The van der Waals surface area contributed by atoms with Gasteiger partial charge in [0.15, 0.2) is 0 Å². The Labute approximate surface area is 178 Å². The van der Waals surface area contributed by atoms with Crippen LogP contribution in [0.1, 0.15) is 36.6 Å². The standard InChI is InChI=1S/C24H28N4O2/c1-18(24(29)26-21-11-16-30-23-10-6-5-9-20(21)23)27-12-14-28(15-13-27)22(17-25)19-7-3-2-4-8-19/h2-10,18,21-22H,11-16H2,1H3,(H,26,29). The maximum atomic E-state index is 13.0. The molecule has 2 aromatic rings. The minimum absolute atomic E-state index is 0.00719. The molecule has 1 saturated heterocycles. The molecule has 3 unspecified atom stereocenters. The molecule has 156 valence electrons. The highest BCUT2D eigenvalue weighted by Gasteiger charge is 2.31. The number of piperazine rings is 1. The van der Waals surface area contributed by atoms with Gasteiger partial charge in [-0.2, -0.15) is 5.26 Å². The number of nitrogens with zero attached hydrogens (tertiary/aromatic N) is 3. The van der Waals surface area contributed by atoms with Crippen molar-refractivity contribution in [2.45, 2.75) is 31.5 Å². The first kappa shape index (κ1) is 20.4. The molecule has 0 spiro atoms. The molecule has 6 nitrogen and oxygen atoms in total. The van der Waals surface area contributed by atoms with E-state index >= 15 is 0 Å². The number of nitriles is 1. The summed E-state index contributed by atoms with van der Waals surface area (Å²) in [6, 6.07) is 19.8. The molecule has 1 N–H and O–H groups in total. The third kappa shape index (κ3) is 4.33. The zero-order valence-electron chi connectivity index (χ0n) is 17.3. The van der Waals surface area contributed by atoms with Gasteiger partial charge in [0.25, 0.3) is 0 Å². The molecular formula is C24H28N4O2. The molecule has 1 amide bonds. The van der Waals surface area contributed by atoms with Crippen LogP contribution in [0, 0.1) is 11.3 Å². The SMILES string of the molecule is CC(C(=O)NC1CCOc2ccccc21)N1CCN(C(C#N)c2ccccc2)CC1. The van der Waals surface area contributed by atoms with Crippen molar-refractivity contribution in [3.8, 4) is 11.8 Å². The van der Waals surface area contributed by atoms with Crippen LogP contribution in [0.4, 0.5) is 0 Å². The van der Waals surface area contributed by atoms with Gasteiger partial charge in [-0.15, -0.1) is 0 Å². The molecule has 6 heteroatoms. The molecule has 0 saturated carbocycles. The quantitative estimate of drug-likeness (QED) is 0.830. The molecule has 0 bridgehead atoms. The van der Waals surface area contributed by atoms with Gasteiger partial charge in [0.05, 0.1) is 24.8 Å². The summed E-state index contributed by atoms with van der Waals surface area (Å²) in [6.45, 7) is 5.66. The maximum Gasteiger partial charge on any atom is 0.237 e. The van der Waals surface area contributed by atoms with Crippen LogP contribution in [0.5, 0.6) is 5.75 Å². The van der Waals surface area contributed by atoms with E-state index in [2.05, 4.69) is 21.2 Å². The molecule has 2 aromatic carbocycles. The van der Waals surface area contributed by atoms with E-state index in [9.17, 15) is 10.1 Å². The number of rotatable bonds is 5. The highest BCUT2D eigenvalue weighted by atomic mass is 16.5. The van der Waals surface area contributed by atoms with Crippen LogP contribution in [0.2, 0.25) is 0 Å². The lowest BCUT2D eigenvalue weighted by molar-refractivity contribution is -0.127. The van der Waals surface area contributed by atoms with Gasteiger partial charge < -0.3 is 10.1 Å². The number of amides is 1. The maximum absolute atomic E-state index is 13.0. The predicted octanol–water partition coefficient (Wildman–Crippen LogP) is 2.90. The summed E-state index contributed by atoms with van der Waals surface area (Å²) in [5, 5.41) is 12.9. The van der Waals surface area contributed by atoms with Gasteiger partial charge in [0.1, 0.15) is 11.8 Å². The summed E-state index contributed by atoms with van der Waals surface area (Å²) in [4.78, 5) is 17.4. The van der Waals surface area contributed by atoms with E-state index in [1.54, 1.807) is 0 Å². The minimum Gasteiger partial charge on any atom is -0.493 e. The second-order valence-corrected chi connectivity index (χ2v) is 7.93. The van der Waals surface area contributed by atoms with Crippen LogP contribution >= 0.6 is 0 Å². The zero-order valence-corrected chi connectivity index (χ0v) is 17.3. The second kappa shape index (κ2) is 9.29. The second-order valence-electron chi connectivity index (χ2n) is 7.93. The third-order valence-electron chi connectivity index (χ3n) is 6.15. The lowest BCUT2D eigenvalue weighted by Crippen LogP contribution is -2.54. The average Bonchev–Trinajstić information content (AvgIpc) is 2.80. The van der Waals surface area contributed by atoms with Gasteiger partial charge in [-0.05, 0) is 18.6 Å². The third-order valence-corrected chi connectivity index (χ3v) is 6.15. The topological polar surface area (TPSA) is 68.6 Å². The van der Waals surface area contributed by atoms with Crippen LogP contribution < -0.4 is 10.1 Å². The smallest absolute Gasteiger partial charge is 0.237 e. The fourth-order valence-corrected chi connectivity index (χ4v) is 4.34. The molecule has 4 rings (SSSR count). The van der Waals surface area contributed by atoms with Crippen LogP contribution in [0.15, 0.2) is 54.6 Å². The normalized spacial score (nSPS) is 21.5. The van der Waals surface area contributed by atoms with Gasteiger partial charge in [-0.1, -0.05) is 48.5 Å². The Bertz CT molecular complexity index is 903. The lowest BCUT2D eigenvalue weighted by Gasteiger charge is -2.39. The molecule has 0 radical (unpaired) electrons. The highest BCUT2D eigenvalue weighted by molar-refractivity contribution is 5.82. The monoisotopic (exact) mass is 404 g/mol. The van der Waals surface area contributed by atoms with E-state index < -0.39 is 0 Å². The zero-order chi connectivity index (χ0) is 20.9. The van der Waals surface area contributed by atoms with Crippen molar-refractivity contribution in [1.29, 1.82) is 5.26 Å². The number of benzene rings is 2. The van der Waals surface area contributed by atoms with Crippen LogP contribution in [-0.2, 0) is 4.79 Å². The highest BCUT2D eigenvalue weighted by Crippen LogP contribution is 2.31. The van der Waals surface area contributed by atoms with E-state index in [-0.39, 0.29) is 24.0 Å². The number of hydrogen-bond donors (Lipinski definition) is 1. The van der Waals surface area contributed by atoms with E-state index in [0.29, 0.717) is 6.61 Å². The van der Waals surface area contributed by atoms with E-state index in [4.69, 9.17) is 4.74 Å². The lowest BCUT2D eigenvalue weighted by atomic mass is 10.00. The predicted molar refractivity (Wildman–Crippen MR) is 115 cm³/mol. The molecule has 2 heterocycles. The molecule has 3 atom stereocenters. The first-order valence-electron chi connectivity index (χ1n) is 10.6. The van der Waals surface area contributed by atoms with Gasteiger partial charge in [0.2, 0.25) is 5.91 Å². The first-order valence-corrected chi connectivity index (χ1v) is 10.6. The Balaban J connectivity index is 1.34. The van der Waals surface area contributed by atoms with Gasteiger partial charge in [0, 0.05) is 38.2 Å². The fourth-order valence-electron chi connectivity index (χ4n) is 4.34. The Morgan fingerprint density at radius 3 is 2.47 bits per heavy atom. The molecule has 0 aliphatic carbocycles. The van der Waals surface area contributed by atoms with Crippen molar-refractivity contribution in [2.75, 3.05) is 32.8 Å². The van der Waals surface area contributed by atoms with Crippen molar-refractivity contribution < 1.29 is 9.53 Å². The summed E-state index contributed by atoms with van der Waals surface area (Å²) < 4.78 is 5.70. The molecule has 2 aliphatic heterocycles. The van der Waals surface area contributed by atoms with Crippen LogP contribution in [-0.4, -0.2) is 54.5 Å². The number of fused-ring (bicyclic) bond motifs is 1. The van der Waals surface area contributed by atoms with Gasteiger partial charge >= 0.3 is 0 Å². The van der Waals surface area contributed by atoms with Crippen molar-refractivity contribution >= 4 is 5.91 Å². The Morgan fingerprint density at radius 1 is 1.07 bits per heavy atom. The molecule has 1 fully saturated rings. The number of carbonyl (C=O) groups excluding carboxylic acids is 1. The van der Waals surface area contributed by atoms with E-state index in [0.717, 1.165) is 49.5 Å². The Hall–Kier alpha value is -2.88. The minimum atomic E-state index is -0.240. The Morgan fingerprint density at radius 2 is 1.73 bits per heavy atom. The summed E-state index contributed by atoms with van der Waals surface area (Å²) in [5.41, 5.74) is 2.08.